The third kappa shape index (κ3) is 5.91. The number of carbonyl (C=O) groups excluding carboxylic acids is 1. The number of hydrogen-bond acceptors (Lipinski definition) is 3. The highest BCUT2D eigenvalue weighted by Gasteiger charge is 2.07. The summed E-state index contributed by atoms with van der Waals surface area (Å²) in [5.74, 6) is 3.74. The zero-order chi connectivity index (χ0) is 18.9. The van der Waals surface area contributed by atoms with E-state index in [0.29, 0.717) is 23.1 Å². The van der Waals surface area contributed by atoms with E-state index in [-0.39, 0.29) is 12.6 Å². The molecule has 0 radical (unpaired) electrons. The lowest BCUT2D eigenvalue weighted by molar-refractivity contribution is 0.230. The zero-order valence-electron chi connectivity index (χ0n) is 14.8. The van der Waals surface area contributed by atoms with Crippen LogP contribution in [0.15, 0.2) is 42.5 Å². The van der Waals surface area contributed by atoms with Crippen LogP contribution in [0.4, 0.5) is 10.5 Å². The number of urea groups is 1. The van der Waals surface area contributed by atoms with Crippen molar-refractivity contribution in [1.29, 1.82) is 0 Å². The van der Waals surface area contributed by atoms with Gasteiger partial charge in [-0.2, -0.15) is 0 Å². The first-order valence-electron chi connectivity index (χ1n) is 8.05. The van der Waals surface area contributed by atoms with Crippen LogP contribution in [0.3, 0.4) is 0 Å². The molecule has 2 amide bonds. The second-order valence-electron chi connectivity index (χ2n) is 5.70. The number of nitrogens with zero attached hydrogens (tertiary/aromatic N) is 1. The minimum atomic E-state index is -0.218. The van der Waals surface area contributed by atoms with Crippen molar-refractivity contribution in [3.05, 3.63) is 53.1 Å². The molecule has 6 heteroatoms. The maximum Gasteiger partial charge on any atom is 0.321 e. The quantitative estimate of drug-likeness (QED) is 0.745. The SMILES string of the molecule is C#CCOc1ccc(CCOc2ccc(NC(=O)N(C)C)cc2Cl)cc1. The maximum atomic E-state index is 11.6. The van der Waals surface area contributed by atoms with Gasteiger partial charge in [0.2, 0.25) is 0 Å². The van der Waals surface area contributed by atoms with Gasteiger partial charge in [0.05, 0.1) is 11.6 Å². The molecule has 26 heavy (non-hydrogen) atoms. The number of halogens is 1. The molecule has 0 aliphatic heterocycles. The van der Waals surface area contributed by atoms with Gasteiger partial charge in [-0.05, 0) is 35.9 Å². The van der Waals surface area contributed by atoms with Crippen molar-refractivity contribution in [3.63, 3.8) is 0 Å². The second-order valence-corrected chi connectivity index (χ2v) is 6.11. The molecule has 0 saturated carbocycles. The smallest absolute Gasteiger partial charge is 0.321 e. The zero-order valence-corrected chi connectivity index (χ0v) is 15.5. The summed E-state index contributed by atoms with van der Waals surface area (Å²) in [7, 11) is 3.34. The van der Waals surface area contributed by atoms with E-state index in [2.05, 4.69) is 11.2 Å². The molecule has 2 aromatic carbocycles. The normalized spacial score (nSPS) is 9.92. The van der Waals surface area contributed by atoms with Crippen LogP contribution in [0.1, 0.15) is 5.56 Å². The molecule has 0 saturated heterocycles. The van der Waals surface area contributed by atoms with Crippen molar-refractivity contribution in [2.45, 2.75) is 6.42 Å². The Bertz CT molecular complexity index is 783. The van der Waals surface area contributed by atoms with Gasteiger partial charge in [0.15, 0.2) is 0 Å². The summed E-state index contributed by atoms with van der Waals surface area (Å²) in [5.41, 5.74) is 1.73. The summed E-state index contributed by atoms with van der Waals surface area (Å²) in [6.07, 6.45) is 5.89. The third-order valence-corrected chi connectivity index (χ3v) is 3.78. The van der Waals surface area contributed by atoms with Gasteiger partial charge in [0.1, 0.15) is 18.1 Å². The highest BCUT2D eigenvalue weighted by atomic mass is 35.5. The number of benzene rings is 2. The van der Waals surface area contributed by atoms with Crippen molar-refractivity contribution in [3.8, 4) is 23.8 Å². The Morgan fingerprint density at radius 3 is 2.54 bits per heavy atom. The van der Waals surface area contributed by atoms with Gasteiger partial charge in [-0.1, -0.05) is 29.7 Å². The molecule has 0 fully saturated rings. The Labute approximate surface area is 158 Å². The summed E-state index contributed by atoms with van der Waals surface area (Å²) >= 11 is 6.22. The Morgan fingerprint density at radius 1 is 1.19 bits per heavy atom. The van der Waals surface area contributed by atoms with E-state index in [1.165, 1.54) is 4.90 Å². The molecule has 2 rings (SSSR count). The van der Waals surface area contributed by atoms with E-state index in [1.54, 1.807) is 32.3 Å². The van der Waals surface area contributed by atoms with E-state index in [4.69, 9.17) is 27.5 Å². The fraction of sp³-hybridized carbons (Fsp3) is 0.250. The maximum absolute atomic E-state index is 11.6. The molecular weight excluding hydrogens is 352 g/mol. The van der Waals surface area contributed by atoms with Crippen LogP contribution < -0.4 is 14.8 Å². The first-order valence-corrected chi connectivity index (χ1v) is 8.43. The van der Waals surface area contributed by atoms with E-state index >= 15 is 0 Å². The molecule has 0 heterocycles. The standard InChI is InChI=1S/C20H21ClN2O3/c1-4-12-25-17-8-5-15(6-9-17)11-13-26-19-10-7-16(14-18(19)21)22-20(24)23(2)3/h1,5-10,14H,11-13H2,2-3H3,(H,22,24). The minimum Gasteiger partial charge on any atom is -0.492 e. The molecular formula is C20H21ClN2O3. The van der Waals surface area contributed by atoms with Crippen molar-refractivity contribution in [1.82, 2.24) is 4.90 Å². The minimum absolute atomic E-state index is 0.218. The second kappa shape index (κ2) is 9.59. The number of amides is 2. The summed E-state index contributed by atoms with van der Waals surface area (Å²) in [4.78, 5) is 13.1. The molecule has 1 N–H and O–H groups in total. The summed E-state index contributed by atoms with van der Waals surface area (Å²) < 4.78 is 11.1. The van der Waals surface area contributed by atoms with Gasteiger partial charge < -0.3 is 19.7 Å². The molecule has 0 aliphatic rings. The first kappa shape index (κ1) is 19.5. The van der Waals surface area contributed by atoms with Gasteiger partial charge in [-0.25, -0.2) is 4.79 Å². The summed E-state index contributed by atoms with van der Waals surface area (Å²) in [5, 5.41) is 3.18. The number of ether oxygens (including phenoxy) is 2. The largest absolute Gasteiger partial charge is 0.492 e. The number of terminal acetylenes is 1. The lowest BCUT2D eigenvalue weighted by Gasteiger charge is -2.13. The number of hydrogen-bond donors (Lipinski definition) is 1. The highest BCUT2D eigenvalue weighted by molar-refractivity contribution is 6.32. The molecule has 2 aromatic rings. The van der Waals surface area contributed by atoms with Crippen LogP contribution in [0.5, 0.6) is 11.5 Å². The Hall–Kier alpha value is -2.84. The third-order valence-electron chi connectivity index (χ3n) is 3.48. The van der Waals surface area contributed by atoms with Crippen LogP contribution in [-0.2, 0) is 6.42 Å². The molecule has 5 nitrogen and oxygen atoms in total. The van der Waals surface area contributed by atoms with Crippen LogP contribution in [0, 0.1) is 12.3 Å². The van der Waals surface area contributed by atoms with Crippen molar-refractivity contribution >= 4 is 23.3 Å². The van der Waals surface area contributed by atoms with Crippen molar-refractivity contribution in [2.75, 3.05) is 32.6 Å². The van der Waals surface area contributed by atoms with E-state index in [9.17, 15) is 4.79 Å². The van der Waals surface area contributed by atoms with Gasteiger partial charge in [0.25, 0.3) is 0 Å². The Balaban J connectivity index is 1.85. The topological polar surface area (TPSA) is 50.8 Å². The molecule has 0 aliphatic carbocycles. The van der Waals surface area contributed by atoms with Crippen molar-refractivity contribution < 1.29 is 14.3 Å². The van der Waals surface area contributed by atoms with Gasteiger partial charge in [0, 0.05) is 26.2 Å². The molecule has 0 unspecified atom stereocenters. The first-order chi connectivity index (χ1) is 12.5. The van der Waals surface area contributed by atoms with Crippen LogP contribution >= 0.6 is 11.6 Å². The highest BCUT2D eigenvalue weighted by Crippen LogP contribution is 2.28. The predicted octanol–water partition coefficient (Wildman–Crippen LogP) is 4.07. The number of nitrogens with one attached hydrogen (secondary N) is 1. The monoisotopic (exact) mass is 372 g/mol. The van der Waals surface area contributed by atoms with Gasteiger partial charge in [-0.15, -0.1) is 6.42 Å². The predicted molar refractivity (Wildman–Crippen MR) is 104 cm³/mol. The molecule has 0 atom stereocenters. The lowest BCUT2D eigenvalue weighted by Crippen LogP contribution is -2.27. The number of carbonyl (C=O) groups is 1. The number of rotatable bonds is 7. The Morgan fingerprint density at radius 2 is 1.92 bits per heavy atom. The molecule has 0 aromatic heterocycles. The van der Waals surface area contributed by atoms with Crippen LogP contribution in [0.25, 0.3) is 0 Å². The van der Waals surface area contributed by atoms with Crippen LogP contribution in [0.2, 0.25) is 5.02 Å². The van der Waals surface area contributed by atoms with Crippen molar-refractivity contribution in [2.24, 2.45) is 0 Å². The van der Waals surface area contributed by atoms with E-state index in [0.717, 1.165) is 17.7 Å². The van der Waals surface area contributed by atoms with Gasteiger partial charge in [-0.3, -0.25) is 0 Å². The molecule has 0 spiro atoms. The van der Waals surface area contributed by atoms with E-state index in [1.807, 2.05) is 24.3 Å². The average molecular weight is 373 g/mol. The summed E-state index contributed by atoms with van der Waals surface area (Å²) in [6, 6.07) is 12.6. The number of anilines is 1. The molecule has 136 valence electrons. The average Bonchev–Trinajstić information content (AvgIpc) is 2.62. The van der Waals surface area contributed by atoms with E-state index < -0.39 is 0 Å². The van der Waals surface area contributed by atoms with Crippen LogP contribution in [-0.4, -0.2) is 38.2 Å². The van der Waals surface area contributed by atoms with Gasteiger partial charge >= 0.3 is 6.03 Å². The fourth-order valence-electron chi connectivity index (χ4n) is 2.09. The summed E-state index contributed by atoms with van der Waals surface area (Å²) in [6.45, 7) is 0.736. The Kier molecular flexibility index (Phi) is 7.19. The fourth-order valence-corrected chi connectivity index (χ4v) is 2.32. The molecule has 0 bridgehead atoms. The lowest BCUT2D eigenvalue weighted by atomic mass is 10.1.